The molecule has 12 nitrogen and oxygen atoms in total. The zero-order valence-electron chi connectivity index (χ0n) is 18.7. The van der Waals surface area contributed by atoms with Gasteiger partial charge >= 0.3 is 12.2 Å². The van der Waals surface area contributed by atoms with Gasteiger partial charge in [-0.25, -0.2) is 9.59 Å². The highest BCUT2D eigenvalue weighted by molar-refractivity contribution is 5.92. The molecule has 3 aliphatic rings. The minimum Gasteiger partial charge on any atom is -0.493 e. The standard InChI is InChI=1S/C21H25NO11/c1-21(2)32-16-12(9-6-10(26-3)15-11(7-9)29-8-30-15)13(22-19(24)27-4)17(31-20(25)28-5)18(33-21)14(16)23/h6-7,12-13,16-18H,8H2,1-5H3,(H,22,24)/t12-,13-,16-,17+,18-/m1/s1. The van der Waals surface area contributed by atoms with E-state index >= 15 is 0 Å². The molecule has 0 spiro atoms. The number of fused-ring (bicyclic) bond motifs is 3. The molecule has 1 saturated carbocycles. The number of carbonyl (C=O) groups excluding carboxylic acids is 3. The number of carbonyl (C=O) groups is 3. The number of methoxy groups -OCH3 is 3. The summed E-state index contributed by atoms with van der Waals surface area (Å²) in [5.74, 6) is -1.30. The van der Waals surface area contributed by atoms with Gasteiger partial charge in [-0.05, 0) is 31.5 Å². The van der Waals surface area contributed by atoms with Gasteiger partial charge in [0.2, 0.25) is 12.5 Å². The fourth-order valence-electron chi connectivity index (χ4n) is 4.36. The van der Waals surface area contributed by atoms with Crippen molar-refractivity contribution >= 4 is 18.0 Å². The lowest BCUT2D eigenvalue weighted by Crippen LogP contribution is -2.70. The van der Waals surface area contributed by atoms with Gasteiger partial charge in [-0.3, -0.25) is 4.79 Å². The summed E-state index contributed by atoms with van der Waals surface area (Å²) in [7, 11) is 3.78. The summed E-state index contributed by atoms with van der Waals surface area (Å²) >= 11 is 0. The van der Waals surface area contributed by atoms with E-state index in [1.54, 1.807) is 26.0 Å². The van der Waals surface area contributed by atoms with Crippen LogP contribution in [0.5, 0.6) is 17.2 Å². The molecule has 2 aliphatic heterocycles. The Bertz CT molecular complexity index is 962. The highest BCUT2D eigenvalue weighted by Crippen LogP contribution is 2.48. The summed E-state index contributed by atoms with van der Waals surface area (Å²) in [6.45, 7) is 3.28. The molecule has 1 saturated heterocycles. The maximum atomic E-state index is 13.3. The lowest BCUT2D eigenvalue weighted by atomic mass is 9.73. The number of rotatable bonds is 4. The van der Waals surface area contributed by atoms with E-state index in [9.17, 15) is 14.4 Å². The Balaban J connectivity index is 1.86. The molecule has 2 bridgehead atoms. The van der Waals surface area contributed by atoms with Crippen LogP contribution < -0.4 is 19.5 Å². The summed E-state index contributed by atoms with van der Waals surface area (Å²) in [4.78, 5) is 37.7. The average molecular weight is 467 g/mol. The van der Waals surface area contributed by atoms with Gasteiger partial charge in [0, 0.05) is 5.92 Å². The molecular weight excluding hydrogens is 442 g/mol. The molecule has 1 aliphatic carbocycles. The number of benzene rings is 1. The Morgan fingerprint density at radius 1 is 1.06 bits per heavy atom. The number of Topliss-reactive ketones (excluding diaryl/α,β-unsaturated/α-hetero) is 1. The van der Waals surface area contributed by atoms with Crippen LogP contribution in [0, 0.1) is 0 Å². The fourth-order valence-corrected chi connectivity index (χ4v) is 4.36. The maximum absolute atomic E-state index is 13.3. The van der Waals surface area contributed by atoms with Gasteiger partial charge in [0.15, 0.2) is 35.3 Å². The lowest BCUT2D eigenvalue weighted by molar-refractivity contribution is -0.308. The predicted octanol–water partition coefficient (Wildman–Crippen LogP) is 1.49. The average Bonchev–Trinajstić information content (AvgIpc) is 3.26. The zero-order chi connectivity index (χ0) is 23.9. The third kappa shape index (κ3) is 4.11. The predicted molar refractivity (Wildman–Crippen MR) is 107 cm³/mol. The molecule has 1 aromatic rings. The van der Waals surface area contributed by atoms with Crippen LogP contribution in [0.1, 0.15) is 25.3 Å². The first-order valence-electron chi connectivity index (χ1n) is 10.1. The van der Waals surface area contributed by atoms with Gasteiger partial charge in [-0.15, -0.1) is 0 Å². The van der Waals surface area contributed by atoms with E-state index < -0.39 is 54.1 Å². The number of hydrogen-bond acceptors (Lipinski definition) is 11. The van der Waals surface area contributed by atoms with Crippen molar-refractivity contribution in [1.29, 1.82) is 0 Å². The summed E-state index contributed by atoms with van der Waals surface area (Å²) < 4.78 is 43.0. The molecule has 0 aromatic heterocycles. The largest absolute Gasteiger partial charge is 0.508 e. The number of hydrogen-bond donors (Lipinski definition) is 1. The quantitative estimate of drug-likeness (QED) is 0.645. The number of nitrogens with one attached hydrogen (secondary N) is 1. The van der Waals surface area contributed by atoms with Crippen molar-refractivity contribution in [3.05, 3.63) is 17.7 Å². The molecule has 12 heteroatoms. The Labute approximate surface area is 189 Å². The zero-order valence-corrected chi connectivity index (χ0v) is 18.7. The van der Waals surface area contributed by atoms with Crippen molar-refractivity contribution in [2.45, 2.75) is 49.9 Å². The summed E-state index contributed by atoms with van der Waals surface area (Å²) in [6, 6.07) is 2.32. The monoisotopic (exact) mass is 467 g/mol. The number of alkyl carbamates (subject to hydrolysis) is 1. The molecular formula is C21H25NO11. The van der Waals surface area contributed by atoms with Crippen LogP contribution in [0.25, 0.3) is 0 Å². The lowest BCUT2D eigenvalue weighted by Gasteiger charge is -2.51. The molecule has 1 aromatic carbocycles. The Morgan fingerprint density at radius 3 is 2.45 bits per heavy atom. The van der Waals surface area contributed by atoms with Crippen LogP contribution in [0.15, 0.2) is 12.1 Å². The topological polar surface area (TPSA) is 137 Å². The van der Waals surface area contributed by atoms with Crippen LogP contribution >= 0.6 is 0 Å². The third-order valence-electron chi connectivity index (χ3n) is 5.68. The smallest absolute Gasteiger partial charge is 0.493 e. The second-order valence-corrected chi connectivity index (χ2v) is 8.06. The van der Waals surface area contributed by atoms with E-state index in [0.29, 0.717) is 22.8 Å². The Kier molecular flexibility index (Phi) is 5.97. The van der Waals surface area contributed by atoms with Gasteiger partial charge in [0.1, 0.15) is 6.10 Å². The molecule has 1 amide bonds. The first kappa shape index (κ1) is 22.9. The third-order valence-corrected chi connectivity index (χ3v) is 5.68. The molecule has 0 unspecified atom stereocenters. The second-order valence-electron chi connectivity index (χ2n) is 8.06. The summed E-state index contributed by atoms with van der Waals surface area (Å²) in [6.07, 6.45) is -5.36. The summed E-state index contributed by atoms with van der Waals surface area (Å²) in [5.41, 5.74) is 0.519. The molecule has 1 N–H and O–H groups in total. The van der Waals surface area contributed by atoms with Crippen molar-refractivity contribution in [3.63, 3.8) is 0 Å². The molecule has 4 rings (SSSR count). The minimum absolute atomic E-state index is 0.000463. The van der Waals surface area contributed by atoms with Gasteiger partial charge in [-0.2, -0.15) is 0 Å². The van der Waals surface area contributed by atoms with Crippen LogP contribution in [0.4, 0.5) is 9.59 Å². The van der Waals surface area contributed by atoms with E-state index in [1.807, 2.05) is 0 Å². The fraction of sp³-hybridized carbons (Fsp3) is 0.571. The van der Waals surface area contributed by atoms with E-state index in [2.05, 4.69) is 10.1 Å². The molecule has 180 valence electrons. The van der Waals surface area contributed by atoms with Crippen LogP contribution in [-0.4, -0.2) is 76.3 Å². The number of ether oxygens (including phenoxy) is 8. The molecule has 2 heterocycles. The van der Waals surface area contributed by atoms with Crippen molar-refractivity contribution < 1.29 is 52.3 Å². The number of amides is 1. The molecule has 5 atom stereocenters. The first-order valence-corrected chi connectivity index (χ1v) is 10.1. The van der Waals surface area contributed by atoms with Gasteiger partial charge in [0.05, 0.1) is 27.4 Å². The SMILES string of the molecule is COC(=O)N[C@H]1[C@H](OC(=O)OC)[C@@H]2OC(C)(C)O[C@@H](C2=O)[C@@H]1c1cc(OC)c2c(c1)OCO2. The highest BCUT2D eigenvalue weighted by atomic mass is 16.8. The van der Waals surface area contributed by atoms with E-state index in [4.69, 9.17) is 33.2 Å². The van der Waals surface area contributed by atoms with Crippen LogP contribution in [0.2, 0.25) is 0 Å². The van der Waals surface area contributed by atoms with E-state index in [1.165, 1.54) is 14.2 Å². The van der Waals surface area contributed by atoms with Gasteiger partial charge in [0.25, 0.3) is 0 Å². The highest BCUT2D eigenvalue weighted by Gasteiger charge is 2.60. The first-order chi connectivity index (χ1) is 15.7. The molecule has 2 fully saturated rings. The van der Waals surface area contributed by atoms with E-state index in [0.717, 1.165) is 7.11 Å². The summed E-state index contributed by atoms with van der Waals surface area (Å²) in [5, 5.41) is 2.66. The Hall–Kier alpha value is -3.25. The van der Waals surface area contributed by atoms with Gasteiger partial charge in [-0.1, -0.05) is 0 Å². The van der Waals surface area contributed by atoms with Crippen molar-refractivity contribution in [2.24, 2.45) is 0 Å². The van der Waals surface area contributed by atoms with Crippen LogP contribution in [-0.2, 0) is 28.5 Å². The molecule has 33 heavy (non-hydrogen) atoms. The van der Waals surface area contributed by atoms with Crippen molar-refractivity contribution in [3.8, 4) is 17.2 Å². The number of ketones is 1. The Morgan fingerprint density at radius 2 is 1.79 bits per heavy atom. The van der Waals surface area contributed by atoms with Crippen molar-refractivity contribution in [1.82, 2.24) is 5.32 Å². The van der Waals surface area contributed by atoms with Crippen molar-refractivity contribution in [2.75, 3.05) is 28.1 Å². The van der Waals surface area contributed by atoms with E-state index in [-0.39, 0.29) is 6.79 Å². The molecule has 0 radical (unpaired) electrons. The minimum atomic E-state index is -1.25. The maximum Gasteiger partial charge on any atom is 0.508 e. The van der Waals surface area contributed by atoms with Crippen LogP contribution in [0.3, 0.4) is 0 Å². The van der Waals surface area contributed by atoms with Gasteiger partial charge < -0.3 is 43.2 Å². The second kappa shape index (κ2) is 8.60. The normalized spacial score (nSPS) is 29.1.